The zero-order valence-electron chi connectivity index (χ0n) is 14.2. The normalized spacial score (nSPS) is 16.7. The number of nitrogens with one attached hydrogen (secondary N) is 2. The molecule has 0 radical (unpaired) electrons. The molecule has 1 saturated heterocycles. The summed E-state index contributed by atoms with van der Waals surface area (Å²) in [6, 6.07) is 9.64. The molecule has 0 bridgehead atoms. The number of piperazine rings is 1. The highest BCUT2D eigenvalue weighted by atomic mass is 16.2. The van der Waals surface area contributed by atoms with Gasteiger partial charge in [-0.1, -0.05) is 12.1 Å². The molecule has 2 aromatic rings. The maximum absolute atomic E-state index is 12.5. The molecule has 24 heavy (non-hydrogen) atoms. The van der Waals surface area contributed by atoms with E-state index in [2.05, 4.69) is 20.2 Å². The maximum Gasteiger partial charge on any atom is 0.282 e. The van der Waals surface area contributed by atoms with E-state index in [-0.39, 0.29) is 11.9 Å². The molecular formula is C18H24N5O+. The number of quaternary nitrogens is 1. The minimum absolute atomic E-state index is 0.0695. The van der Waals surface area contributed by atoms with Gasteiger partial charge in [-0.3, -0.25) is 4.79 Å². The fourth-order valence-electron chi connectivity index (χ4n) is 3.04. The highest BCUT2D eigenvalue weighted by Gasteiger charge is 2.29. The minimum Gasteiger partial charge on any atom is -0.330 e. The fraction of sp³-hybridized carbons (Fsp3) is 0.389. The number of benzene rings is 1. The Morgan fingerprint density at radius 1 is 1.21 bits per heavy atom. The zero-order valence-corrected chi connectivity index (χ0v) is 14.2. The topological polar surface area (TPSA) is 62.6 Å². The smallest absolute Gasteiger partial charge is 0.282 e. The first kappa shape index (κ1) is 16.4. The Kier molecular flexibility index (Phi) is 5.05. The van der Waals surface area contributed by atoms with Crippen LogP contribution >= 0.6 is 0 Å². The molecular weight excluding hydrogens is 302 g/mol. The Labute approximate surface area is 142 Å². The van der Waals surface area contributed by atoms with Crippen LogP contribution in [-0.4, -0.2) is 48.1 Å². The van der Waals surface area contributed by atoms with Gasteiger partial charge in [0, 0.05) is 18.1 Å². The standard InChI is InChI=1S/C18H23N5O/c1-14-5-3-6-16(13-14)21-17(24)15(2)22-9-11-23(12-10-22)18-19-7-4-8-20-18/h3-8,13,15H,9-12H2,1-2H3,(H,21,24)/p+1/t15-/m1/s1. The molecule has 126 valence electrons. The third-order valence-corrected chi connectivity index (χ3v) is 4.53. The lowest BCUT2D eigenvalue weighted by Gasteiger charge is -2.34. The van der Waals surface area contributed by atoms with Gasteiger partial charge in [0.25, 0.3) is 5.91 Å². The molecule has 0 spiro atoms. The van der Waals surface area contributed by atoms with E-state index in [0.717, 1.165) is 43.4 Å². The number of rotatable bonds is 4. The highest BCUT2D eigenvalue weighted by molar-refractivity contribution is 5.93. The van der Waals surface area contributed by atoms with Crippen molar-refractivity contribution in [2.75, 3.05) is 36.4 Å². The number of anilines is 2. The summed E-state index contributed by atoms with van der Waals surface area (Å²) >= 11 is 0. The Morgan fingerprint density at radius 2 is 1.92 bits per heavy atom. The predicted octanol–water partition coefficient (Wildman–Crippen LogP) is 0.517. The average Bonchev–Trinajstić information content (AvgIpc) is 2.62. The molecule has 1 aliphatic heterocycles. The van der Waals surface area contributed by atoms with Crippen LogP contribution in [0.4, 0.5) is 11.6 Å². The van der Waals surface area contributed by atoms with E-state index >= 15 is 0 Å². The second-order valence-corrected chi connectivity index (χ2v) is 6.27. The van der Waals surface area contributed by atoms with Crippen molar-refractivity contribution in [3.63, 3.8) is 0 Å². The molecule has 0 aliphatic carbocycles. The van der Waals surface area contributed by atoms with Gasteiger partial charge in [0.15, 0.2) is 6.04 Å². The summed E-state index contributed by atoms with van der Waals surface area (Å²) in [5.41, 5.74) is 2.01. The van der Waals surface area contributed by atoms with Crippen LogP contribution in [0.5, 0.6) is 0 Å². The molecule has 2 heterocycles. The number of aromatic nitrogens is 2. The van der Waals surface area contributed by atoms with Crippen molar-refractivity contribution in [1.29, 1.82) is 0 Å². The number of aryl methyl sites for hydroxylation is 1. The monoisotopic (exact) mass is 326 g/mol. The van der Waals surface area contributed by atoms with E-state index in [0.29, 0.717) is 0 Å². The summed E-state index contributed by atoms with van der Waals surface area (Å²) in [5.74, 6) is 0.841. The van der Waals surface area contributed by atoms with Crippen LogP contribution in [0.1, 0.15) is 12.5 Å². The highest BCUT2D eigenvalue weighted by Crippen LogP contribution is 2.09. The molecule has 0 unspecified atom stereocenters. The van der Waals surface area contributed by atoms with Gasteiger partial charge in [0.1, 0.15) is 0 Å². The van der Waals surface area contributed by atoms with Crippen LogP contribution < -0.4 is 15.1 Å². The molecule has 6 nitrogen and oxygen atoms in total. The first-order valence-corrected chi connectivity index (χ1v) is 8.37. The predicted molar refractivity (Wildman–Crippen MR) is 94.2 cm³/mol. The number of amides is 1. The van der Waals surface area contributed by atoms with E-state index in [9.17, 15) is 4.79 Å². The Hall–Kier alpha value is -2.47. The van der Waals surface area contributed by atoms with Crippen molar-refractivity contribution in [1.82, 2.24) is 9.97 Å². The molecule has 1 aliphatic rings. The summed E-state index contributed by atoms with van der Waals surface area (Å²) in [6.45, 7) is 7.55. The van der Waals surface area contributed by atoms with Crippen LogP contribution in [0.25, 0.3) is 0 Å². The third-order valence-electron chi connectivity index (χ3n) is 4.53. The van der Waals surface area contributed by atoms with Gasteiger partial charge in [-0.2, -0.15) is 0 Å². The lowest BCUT2D eigenvalue weighted by Crippen LogP contribution is -3.19. The quantitative estimate of drug-likeness (QED) is 0.860. The third kappa shape index (κ3) is 3.89. The van der Waals surface area contributed by atoms with Crippen molar-refractivity contribution >= 4 is 17.5 Å². The summed E-state index contributed by atoms with van der Waals surface area (Å²) in [6.07, 6.45) is 3.53. The van der Waals surface area contributed by atoms with Gasteiger partial charge in [0.05, 0.1) is 26.2 Å². The molecule has 1 aromatic heterocycles. The molecule has 2 N–H and O–H groups in total. The van der Waals surface area contributed by atoms with Crippen LogP contribution in [0.2, 0.25) is 0 Å². The van der Waals surface area contributed by atoms with Gasteiger partial charge in [-0.25, -0.2) is 9.97 Å². The van der Waals surface area contributed by atoms with E-state index in [1.165, 1.54) is 4.90 Å². The van der Waals surface area contributed by atoms with Gasteiger partial charge in [-0.05, 0) is 37.6 Å². The van der Waals surface area contributed by atoms with Crippen molar-refractivity contribution in [3.8, 4) is 0 Å². The summed E-state index contributed by atoms with van der Waals surface area (Å²) < 4.78 is 0. The average molecular weight is 326 g/mol. The second kappa shape index (κ2) is 7.40. The minimum atomic E-state index is -0.0793. The molecule has 1 atom stereocenters. The number of carbonyl (C=O) groups excluding carboxylic acids is 1. The van der Waals surface area contributed by atoms with Crippen LogP contribution in [0.3, 0.4) is 0 Å². The Balaban J connectivity index is 1.55. The molecule has 1 aromatic carbocycles. The van der Waals surface area contributed by atoms with Crippen molar-refractivity contribution in [2.24, 2.45) is 0 Å². The Bertz CT molecular complexity index is 683. The summed E-state index contributed by atoms with van der Waals surface area (Å²) in [5, 5.41) is 3.02. The maximum atomic E-state index is 12.5. The van der Waals surface area contributed by atoms with Gasteiger partial charge in [0.2, 0.25) is 5.95 Å². The molecule has 3 rings (SSSR count). The van der Waals surface area contributed by atoms with Crippen LogP contribution in [-0.2, 0) is 4.79 Å². The van der Waals surface area contributed by atoms with Crippen LogP contribution in [0, 0.1) is 6.92 Å². The fourth-order valence-corrected chi connectivity index (χ4v) is 3.04. The molecule has 1 amide bonds. The van der Waals surface area contributed by atoms with Crippen LogP contribution in [0.15, 0.2) is 42.7 Å². The lowest BCUT2D eigenvalue weighted by atomic mass is 10.2. The van der Waals surface area contributed by atoms with Crippen molar-refractivity contribution < 1.29 is 9.69 Å². The largest absolute Gasteiger partial charge is 0.330 e. The van der Waals surface area contributed by atoms with Gasteiger partial charge < -0.3 is 15.1 Å². The van der Waals surface area contributed by atoms with E-state index in [1.807, 2.05) is 44.2 Å². The van der Waals surface area contributed by atoms with E-state index < -0.39 is 0 Å². The van der Waals surface area contributed by atoms with Gasteiger partial charge >= 0.3 is 0 Å². The summed E-state index contributed by atoms with van der Waals surface area (Å²) in [4.78, 5) is 24.6. The first-order chi connectivity index (χ1) is 11.6. The lowest BCUT2D eigenvalue weighted by molar-refractivity contribution is -0.914. The van der Waals surface area contributed by atoms with Gasteiger partial charge in [-0.15, -0.1) is 0 Å². The molecule has 1 fully saturated rings. The Morgan fingerprint density at radius 3 is 2.58 bits per heavy atom. The summed E-state index contributed by atoms with van der Waals surface area (Å²) in [7, 11) is 0. The second-order valence-electron chi connectivity index (χ2n) is 6.27. The first-order valence-electron chi connectivity index (χ1n) is 8.37. The zero-order chi connectivity index (χ0) is 16.9. The number of hydrogen-bond acceptors (Lipinski definition) is 4. The van der Waals surface area contributed by atoms with Crippen molar-refractivity contribution in [2.45, 2.75) is 19.9 Å². The van der Waals surface area contributed by atoms with Crippen molar-refractivity contribution in [3.05, 3.63) is 48.3 Å². The molecule has 6 heteroatoms. The number of hydrogen-bond donors (Lipinski definition) is 2. The number of carbonyl (C=O) groups is 1. The van der Waals surface area contributed by atoms with E-state index in [1.54, 1.807) is 12.4 Å². The SMILES string of the molecule is Cc1cccc(NC(=O)[C@@H](C)[NH+]2CCN(c3ncccn3)CC2)c1. The number of nitrogens with zero attached hydrogens (tertiary/aromatic N) is 3. The van der Waals surface area contributed by atoms with E-state index in [4.69, 9.17) is 0 Å². The molecule has 0 saturated carbocycles.